The summed E-state index contributed by atoms with van der Waals surface area (Å²) in [6.07, 6.45) is -4.69. The van der Waals surface area contributed by atoms with Gasteiger partial charge in [0, 0.05) is 15.4 Å². The molecule has 2 aromatic carbocycles. The van der Waals surface area contributed by atoms with Crippen molar-refractivity contribution in [3.63, 3.8) is 0 Å². The van der Waals surface area contributed by atoms with E-state index in [1.807, 2.05) is 24.3 Å². The van der Waals surface area contributed by atoms with E-state index in [9.17, 15) is 18.0 Å². The predicted octanol–water partition coefficient (Wildman–Crippen LogP) is 6.14. The minimum absolute atomic E-state index is 0.0727. The molecule has 2 heterocycles. The number of ether oxygens (including phenoxy) is 1. The molecule has 0 aliphatic rings. The number of nitrogens with zero attached hydrogens (tertiary/aromatic N) is 3. The van der Waals surface area contributed by atoms with Crippen molar-refractivity contribution in [1.29, 1.82) is 0 Å². The van der Waals surface area contributed by atoms with Crippen molar-refractivity contribution < 1.29 is 22.7 Å². The average molecular weight is 533 g/mol. The van der Waals surface area contributed by atoms with Crippen molar-refractivity contribution in [2.75, 3.05) is 12.4 Å². The summed E-state index contributed by atoms with van der Waals surface area (Å²) in [6, 6.07) is 12.9. The zero-order valence-electron chi connectivity index (χ0n) is 18.5. The normalized spacial score (nSPS) is 11.6. The van der Waals surface area contributed by atoms with E-state index in [-0.39, 0.29) is 11.1 Å². The fourth-order valence-corrected chi connectivity index (χ4v) is 4.10. The molecular weight excluding hydrogens is 513 g/mol. The standard InChI is InChI=1S/C24H20BrF3N4O2/c1-13-22(14(2)32(31-13)12-15-6-4-5-7-20(15)34-3)30-23(33)18-11-21(24(26,27)28)29-19-9-8-16(25)10-17(18)19/h4-11H,12H2,1-3H3,(H,30,33). The summed E-state index contributed by atoms with van der Waals surface area (Å²) < 4.78 is 48.0. The molecule has 0 atom stereocenters. The molecule has 0 aliphatic carbocycles. The first kappa shape index (κ1) is 23.7. The highest BCUT2D eigenvalue weighted by atomic mass is 79.9. The smallest absolute Gasteiger partial charge is 0.433 e. The van der Waals surface area contributed by atoms with Crippen LogP contribution >= 0.6 is 15.9 Å². The number of rotatable bonds is 5. The van der Waals surface area contributed by atoms with E-state index in [2.05, 4.69) is 31.3 Å². The number of amides is 1. The average Bonchev–Trinajstić information content (AvgIpc) is 3.05. The molecule has 4 aromatic rings. The van der Waals surface area contributed by atoms with Crippen LogP contribution in [-0.4, -0.2) is 27.8 Å². The number of anilines is 1. The Hall–Kier alpha value is -3.40. The molecule has 0 aliphatic heterocycles. The Bertz CT molecular complexity index is 1400. The molecule has 0 radical (unpaired) electrons. The quantitative estimate of drug-likeness (QED) is 0.335. The van der Waals surface area contributed by atoms with Gasteiger partial charge in [-0.15, -0.1) is 0 Å². The number of halogens is 4. The number of hydrogen-bond acceptors (Lipinski definition) is 4. The van der Waals surface area contributed by atoms with Gasteiger partial charge in [0.25, 0.3) is 5.91 Å². The molecule has 1 N–H and O–H groups in total. The Balaban J connectivity index is 1.72. The zero-order chi connectivity index (χ0) is 24.6. The molecular formula is C24H20BrF3N4O2. The maximum Gasteiger partial charge on any atom is 0.433 e. The van der Waals surface area contributed by atoms with Crippen LogP contribution in [0.1, 0.15) is 33.0 Å². The lowest BCUT2D eigenvalue weighted by Gasteiger charge is -2.13. The van der Waals surface area contributed by atoms with Crippen LogP contribution in [0, 0.1) is 13.8 Å². The first-order valence-electron chi connectivity index (χ1n) is 10.2. The Morgan fingerprint density at radius 1 is 1.15 bits per heavy atom. The van der Waals surface area contributed by atoms with E-state index in [1.54, 1.807) is 37.8 Å². The Labute approximate surface area is 201 Å². The van der Waals surface area contributed by atoms with E-state index < -0.39 is 17.8 Å². The van der Waals surface area contributed by atoms with Crippen molar-refractivity contribution >= 4 is 38.4 Å². The van der Waals surface area contributed by atoms with E-state index in [0.29, 0.717) is 39.2 Å². The van der Waals surface area contributed by atoms with Crippen molar-refractivity contribution in [1.82, 2.24) is 14.8 Å². The summed E-state index contributed by atoms with van der Waals surface area (Å²) in [5, 5.41) is 7.57. The third-order valence-corrected chi connectivity index (χ3v) is 5.93. The predicted molar refractivity (Wildman–Crippen MR) is 126 cm³/mol. The highest BCUT2D eigenvalue weighted by Gasteiger charge is 2.34. The monoisotopic (exact) mass is 532 g/mol. The summed E-state index contributed by atoms with van der Waals surface area (Å²) in [5.41, 5.74) is 1.34. The van der Waals surface area contributed by atoms with Gasteiger partial charge in [-0.05, 0) is 44.2 Å². The molecule has 0 saturated carbocycles. The first-order valence-corrected chi connectivity index (χ1v) is 11.0. The number of pyridine rings is 1. The highest BCUT2D eigenvalue weighted by molar-refractivity contribution is 9.10. The summed E-state index contributed by atoms with van der Waals surface area (Å²) in [7, 11) is 1.58. The van der Waals surface area contributed by atoms with Gasteiger partial charge in [0.2, 0.25) is 0 Å². The second-order valence-corrected chi connectivity index (χ2v) is 8.60. The summed E-state index contributed by atoms with van der Waals surface area (Å²) in [5.74, 6) is 0.0215. The molecule has 0 bridgehead atoms. The maximum atomic E-state index is 13.4. The van der Waals surface area contributed by atoms with Gasteiger partial charge in [0.05, 0.1) is 41.8 Å². The van der Waals surface area contributed by atoms with Gasteiger partial charge in [-0.2, -0.15) is 18.3 Å². The molecule has 34 heavy (non-hydrogen) atoms. The molecule has 1 amide bonds. The van der Waals surface area contributed by atoms with E-state index in [4.69, 9.17) is 4.74 Å². The van der Waals surface area contributed by atoms with Crippen LogP contribution in [0.2, 0.25) is 0 Å². The fourth-order valence-electron chi connectivity index (χ4n) is 3.74. The molecule has 0 fully saturated rings. The van der Waals surface area contributed by atoms with Crippen molar-refractivity contribution in [2.24, 2.45) is 0 Å². The number of aryl methyl sites for hydroxylation is 1. The van der Waals surface area contributed by atoms with Crippen LogP contribution < -0.4 is 10.1 Å². The third kappa shape index (κ3) is 4.63. The van der Waals surface area contributed by atoms with Crippen LogP contribution in [-0.2, 0) is 12.7 Å². The van der Waals surface area contributed by atoms with Gasteiger partial charge in [-0.3, -0.25) is 9.48 Å². The Morgan fingerprint density at radius 2 is 1.88 bits per heavy atom. The number of carbonyl (C=O) groups is 1. The zero-order valence-corrected chi connectivity index (χ0v) is 20.1. The largest absolute Gasteiger partial charge is 0.496 e. The number of hydrogen-bond donors (Lipinski definition) is 1. The lowest BCUT2D eigenvalue weighted by molar-refractivity contribution is -0.140. The van der Waals surface area contributed by atoms with E-state index >= 15 is 0 Å². The molecule has 0 saturated heterocycles. The van der Waals surface area contributed by atoms with Crippen molar-refractivity contribution in [2.45, 2.75) is 26.6 Å². The topological polar surface area (TPSA) is 69.0 Å². The number of alkyl halides is 3. The number of methoxy groups -OCH3 is 1. The van der Waals surface area contributed by atoms with E-state index in [1.165, 1.54) is 6.07 Å². The highest BCUT2D eigenvalue weighted by Crippen LogP contribution is 2.33. The minimum Gasteiger partial charge on any atom is -0.496 e. The number of benzene rings is 2. The lowest BCUT2D eigenvalue weighted by Crippen LogP contribution is -2.17. The second-order valence-electron chi connectivity index (χ2n) is 7.68. The van der Waals surface area contributed by atoms with Crippen LogP contribution in [0.3, 0.4) is 0 Å². The molecule has 2 aromatic heterocycles. The Kier molecular flexibility index (Phi) is 6.35. The molecule has 10 heteroatoms. The molecule has 0 spiro atoms. The summed E-state index contributed by atoms with van der Waals surface area (Å²) in [6.45, 7) is 3.91. The number of aromatic nitrogens is 3. The number of fused-ring (bicyclic) bond motifs is 1. The molecule has 176 valence electrons. The van der Waals surface area contributed by atoms with Crippen molar-refractivity contribution in [3.8, 4) is 5.75 Å². The fraction of sp³-hybridized carbons (Fsp3) is 0.208. The third-order valence-electron chi connectivity index (χ3n) is 5.44. The molecule has 0 unspecified atom stereocenters. The van der Waals surface area contributed by atoms with Crippen LogP contribution in [0.15, 0.2) is 53.0 Å². The van der Waals surface area contributed by atoms with Gasteiger partial charge in [0.15, 0.2) is 0 Å². The maximum absolute atomic E-state index is 13.4. The second kappa shape index (κ2) is 9.09. The van der Waals surface area contributed by atoms with Gasteiger partial charge in [-0.1, -0.05) is 34.1 Å². The molecule has 6 nitrogen and oxygen atoms in total. The summed E-state index contributed by atoms with van der Waals surface area (Å²) >= 11 is 3.31. The summed E-state index contributed by atoms with van der Waals surface area (Å²) in [4.78, 5) is 16.9. The van der Waals surface area contributed by atoms with Gasteiger partial charge in [-0.25, -0.2) is 4.98 Å². The van der Waals surface area contributed by atoms with Gasteiger partial charge < -0.3 is 10.1 Å². The molecule has 4 rings (SSSR count). The Morgan fingerprint density at radius 3 is 2.59 bits per heavy atom. The van der Waals surface area contributed by atoms with Gasteiger partial charge in [0.1, 0.15) is 11.4 Å². The van der Waals surface area contributed by atoms with Crippen LogP contribution in [0.25, 0.3) is 10.9 Å². The number of nitrogens with one attached hydrogen (secondary N) is 1. The van der Waals surface area contributed by atoms with Crippen LogP contribution in [0.5, 0.6) is 5.75 Å². The number of carbonyl (C=O) groups excluding carboxylic acids is 1. The minimum atomic E-state index is -4.69. The van der Waals surface area contributed by atoms with Crippen molar-refractivity contribution in [3.05, 3.63) is 81.2 Å². The number of para-hydroxylation sites is 1. The van der Waals surface area contributed by atoms with E-state index in [0.717, 1.165) is 11.6 Å². The lowest BCUT2D eigenvalue weighted by atomic mass is 10.1. The SMILES string of the molecule is COc1ccccc1Cn1nc(C)c(NC(=O)c2cc(C(F)(F)F)nc3ccc(Br)cc23)c1C. The van der Waals surface area contributed by atoms with Gasteiger partial charge >= 0.3 is 6.18 Å². The first-order chi connectivity index (χ1) is 16.1. The van der Waals surface area contributed by atoms with Crippen LogP contribution in [0.4, 0.5) is 18.9 Å².